The lowest BCUT2D eigenvalue weighted by Gasteiger charge is -2.35. The molecule has 0 aliphatic carbocycles. The number of aromatic carboxylic acids is 1. The zero-order valence-corrected chi connectivity index (χ0v) is 16.9. The molecule has 4 rings (SSSR count). The Morgan fingerprint density at radius 3 is 2.10 bits per heavy atom. The second-order valence-electron chi connectivity index (χ2n) is 7.32. The van der Waals surface area contributed by atoms with Crippen molar-refractivity contribution < 1.29 is 24.2 Å². The lowest BCUT2D eigenvalue weighted by Crippen LogP contribution is -2.51. The Balaban J connectivity index is 1.32. The average Bonchev–Trinajstić information content (AvgIpc) is 2.82. The number of carboxylic acid groups (broad SMARTS) is 1. The van der Waals surface area contributed by atoms with Gasteiger partial charge >= 0.3 is 5.97 Å². The molecule has 1 fully saturated rings. The van der Waals surface area contributed by atoms with Crippen LogP contribution in [0.3, 0.4) is 0 Å². The lowest BCUT2D eigenvalue weighted by atomic mass is 10.1. The van der Waals surface area contributed by atoms with E-state index in [9.17, 15) is 19.5 Å². The molecule has 1 saturated heterocycles. The van der Waals surface area contributed by atoms with Crippen LogP contribution in [0.1, 0.15) is 20.7 Å². The Kier molecular flexibility index (Phi) is 5.84. The fraction of sp³-hybridized carbons (Fsp3) is 0.208. The van der Waals surface area contributed by atoms with Gasteiger partial charge in [-0.1, -0.05) is 42.5 Å². The van der Waals surface area contributed by atoms with Crippen LogP contribution < -0.4 is 4.74 Å². The van der Waals surface area contributed by atoms with Gasteiger partial charge in [-0.3, -0.25) is 9.59 Å². The summed E-state index contributed by atoms with van der Waals surface area (Å²) in [7, 11) is 0. The van der Waals surface area contributed by atoms with Gasteiger partial charge in [0, 0.05) is 26.2 Å². The number of piperazine rings is 1. The number of nitrogens with zero attached hydrogens (tertiary/aromatic N) is 2. The van der Waals surface area contributed by atoms with Crippen LogP contribution in [0.15, 0.2) is 66.7 Å². The molecule has 2 amide bonds. The molecule has 1 aliphatic rings. The van der Waals surface area contributed by atoms with Gasteiger partial charge in [0.15, 0.2) is 6.61 Å². The largest absolute Gasteiger partial charge is 0.484 e. The first-order valence-electron chi connectivity index (χ1n) is 10.0. The van der Waals surface area contributed by atoms with E-state index in [1.165, 1.54) is 12.1 Å². The third-order valence-corrected chi connectivity index (χ3v) is 5.39. The van der Waals surface area contributed by atoms with Crippen molar-refractivity contribution in [2.75, 3.05) is 32.8 Å². The van der Waals surface area contributed by atoms with Crippen LogP contribution in [0, 0.1) is 0 Å². The number of benzene rings is 3. The summed E-state index contributed by atoms with van der Waals surface area (Å²) in [5, 5.41) is 11.4. The first-order chi connectivity index (χ1) is 15.0. The predicted molar refractivity (Wildman–Crippen MR) is 115 cm³/mol. The number of rotatable bonds is 5. The quantitative estimate of drug-likeness (QED) is 0.689. The molecule has 3 aromatic carbocycles. The van der Waals surface area contributed by atoms with Crippen LogP contribution in [0.5, 0.6) is 5.75 Å². The molecule has 1 aliphatic heterocycles. The van der Waals surface area contributed by atoms with E-state index in [1.807, 2.05) is 42.5 Å². The van der Waals surface area contributed by atoms with Gasteiger partial charge in [-0.15, -0.1) is 0 Å². The summed E-state index contributed by atoms with van der Waals surface area (Å²) in [6, 6.07) is 19.8. The predicted octanol–water partition coefficient (Wildman–Crippen LogP) is 2.90. The zero-order chi connectivity index (χ0) is 21.8. The topological polar surface area (TPSA) is 87.2 Å². The molecular formula is C24H22N2O5. The Hall–Kier alpha value is -3.87. The number of hydrogen-bond donors (Lipinski definition) is 1. The second kappa shape index (κ2) is 8.87. The standard InChI is InChI=1S/C24H22N2O5/c27-22(16-31-19-10-9-17-5-1-2-6-18(17)15-19)25-11-13-26(14-12-25)23(28)20-7-3-4-8-21(20)24(29)30/h1-10,15H,11-14,16H2,(H,29,30). The lowest BCUT2D eigenvalue weighted by molar-refractivity contribution is -0.134. The van der Waals surface area contributed by atoms with Crippen LogP contribution >= 0.6 is 0 Å². The summed E-state index contributed by atoms with van der Waals surface area (Å²) in [5.41, 5.74) is 0.143. The van der Waals surface area contributed by atoms with Crippen LogP contribution in [0.2, 0.25) is 0 Å². The zero-order valence-electron chi connectivity index (χ0n) is 16.9. The summed E-state index contributed by atoms with van der Waals surface area (Å²) >= 11 is 0. The van der Waals surface area contributed by atoms with Crippen LogP contribution in [0.4, 0.5) is 0 Å². The van der Waals surface area contributed by atoms with Crippen molar-refractivity contribution in [3.05, 3.63) is 77.9 Å². The highest BCUT2D eigenvalue weighted by atomic mass is 16.5. The minimum absolute atomic E-state index is 0.0187. The summed E-state index contributed by atoms with van der Waals surface area (Å²) in [5.74, 6) is -0.988. The van der Waals surface area contributed by atoms with Crippen molar-refractivity contribution in [3.63, 3.8) is 0 Å². The van der Waals surface area contributed by atoms with Crippen LogP contribution in [-0.2, 0) is 4.79 Å². The number of fused-ring (bicyclic) bond motifs is 1. The molecule has 1 heterocycles. The maximum atomic E-state index is 12.8. The Bertz CT molecular complexity index is 1140. The highest BCUT2D eigenvalue weighted by molar-refractivity contribution is 6.04. The third kappa shape index (κ3) is 4.50. The molecule has 158 valence electrons. The van der Waals surface area contributed by atoms with Gasteiger partial charge in [0.2, 0.25) is 0 Å². The molecule has 31 heavy (non-hydrogen) atoms. The number of carbonyl (C=O) groups excluding carboxylic acids is 2. The van der Waals surface area contributed by atoms with E-state index in [0.29, 0.717) is 31.9 Å². The van der Waals surface area contributed by atoms with Crippen molar-refractivity contribution >= 4 is 28.6 Å². The molecule has 0 unspecified atom stereocenters. The molecule has 7 nitrogen and oxygen atoms in total. The highest BCUT2D eigenvalue weighted by Gasteiger charge is 2.27. The van der Waals surface area contributed by atoms with Gasteiger partial charge in [0.25, 0.3) is 11.8 Å². The molecule has 0 saturated carbocycles. The summed E-state index contributed by atoms with van der Waals surface area (Å²) in [6.07, 6.45) is 0. The Morgan fingerprint density at radius 2 is 1.39 bits per heavy atom. The number of hydrogen-bond acceptors (Lipinski definition) is 4. The van der Waals surface area contributed by atoms with Gasteiger partial charge < -0.3 is 19.6 Å². The maximum Gasteiger partial charge on any atom is 0.336 e. The van der Waals surface area contributed by atoms with Crippen molar-refractivity contribution in [1.82, 2.24) is 9.80 Å². The van der Waals surface area contributed by atoms with Crippen molar-refractivity contribution in [3.8, 4) is 5.75 Å². The molecule has 1 N–H and O–H groups in total. The fourth-order valence-electron chi connectivity index (χ4n) is 3.68. The van der Waals surface area contributed by atoms with Crippen molar-refractivity contribution in [1.29, 1.82) is 0 Å². The molecule has 0 atom stereocenters. The fourth-order valence-corrected chi connectivity index (χ4v) is 3.68. The van der Waals surface area contributed by atoms with Gasteiger partial charge in [-0.25, -0.2) is 4.79 Å². The Morgan fingerprint density at radius 1 is 0.774 bits per heavy atom. The SMILES string of the molecule is O=C(O)c1ccccc1C(=O)N1CCN(C(=O)COc2ccc3ccccc3c2)CC1. The van der Waals surface area contributed by atoms with E-state index in [0.717, 1.165) is 10.8 Å². The third-order valence-electron chi connectivity index (χ3n) is 5.39. The summed E-state index contributed by atoms with van der Waals surface area (Å²) in [6.45, 7) is 1.36. The van der Waals surface area contributed by atoms with Gasteiger partial charge in [0.05, 0.1) is 11.1 Å². The minimum Gasteiger partial charge on any atom is -0.484 e. The van der Waals surface area contributed by atoms with E-state index in [-0.39, 0.29) is 29.5 Å². The van der Waals surface area contributed by atoms with Crippen molar-refractivity contribution in [2.45, 2.75) is 0 Å². The van der Waals surface area contributed by atoms with E-state index in [2.05, 4.69) is 0 Å². The van der Waals surface area contributed by atoms with Crippen LogP contribution in [0.25, 0.3) is 10.8 Å². The van der Waals surface area contributed by atoms with Gasteiger partial charge in [-0.2, -0.15) is 0 Å². The average molecular weight is 418 g/mol. The first kappa shape index (κ1) is 20.4. The molecule has 0 aromatic heterocycles. The van der Waals surface area contributed by atoms with Gasteiger partial charge in [0.1, 0.15) is 5.75 Å². The highest BCUT2D eigenvalue weighted by Crippen LogP contribution is 2.21. The smallest absolute Gasteiger partial charge is 0.336 e. The second-order valence-corrected chi connectivity index (χ2v) is 7.32. The normalized spacial score (nSPS) is 13.8. The van der Waals surface area contributed by atoms with Crippen LogP contribution in [-0.4, -0.2) is 65.5 Å². The maximum absolute atomic E-state index is 12.8. The number of amides is 2. The molecule has 0 bridgehead atoms. The molecule has 3 aromatic rings. The minimum atomic E-state index is -1.14. The molecular weight excluding hydrogens is 396 g/mol. The van der Waals surface area contributed by atoms with E-state index >= 15 is 0 Å². The van der Waals surface area contributed by atoms with E-state index in [4.69, 9.17) is 4.74 Å². The molecule has 7 heteroatoms. The summed E-state index contributed by atoms with van der Waals surface area (Å²) < 4.78 is 5.68. The monoisotopic (exact) mass is 418 g/mol. The number of carbonyl (C=O) groups is 3. The Labute approximate surface area is 179 Å². The van der Waals surface area contributed by atoms with E-state index in [1.54, 1.807) is 21.9 Å². The number of carboxylic acids is 1. The van der Waals surface area contributed by atoms with Crippen molar-refractivity contribution in [2.24, 2.45) is 0 Å². The van der Waals surface area contributed by atoms with E-state index < -0.39 is 5.97 Å². The molecule has 0 radical (unpaired) electrons. The summed E-state index contributed by atoms with van der Waals surface area (Å²) in [4.78, 5) is 39.9. The number of ether oxygens (including phenoxy) is 1. The first-order valence-corrected chi connectivity index (χ1v) is 10.0. The molecule has 0 spiro atoms. The van der Waals surface area contributed by atoms with Gasteiger partial charge in [-0.05, 0) is 35.0 Å².